The Balaban J connectivity index is 1.95. The highest BCUT2D eigenvalue weighted by atomic mass is 16.5. The van der Waals surface area contributed by atoms with Gasteiger partial charge in [0.25, 0.3) is 11.8 Å². The molecule has 0 heterocycles. The van der Waals surface area contributed by atoms with E-state index in [1.807, 2.05) is 51.1 Å². The largest absolute Gasteiger partial charge is 0.480 e. The Morgan fingerprint density at radius 3 is 2.08 bits per heavy atom. The molecule has 2 rings (SSSR count). The third-order valence-corrected chi connectivity index (χ3v) is 3.76. The number of hydrazine groups is 1. The summed E-state index contributed by atoms with van der Waals surface area (Å²) in [5.74, 6) is -0.0920. The lowest BCUT2D eigenvalue weighted by molar-refractivity contribution is -0.128. The van der Waals surface area contributed by atoms with E-state index in [2.05, 4.69) is 10.9 Å². The Labute approximate surface area is 142 Å². The molecule has 0 fully saturated rings. The highest BCUT2D eigenvalue weighted by Crippen LogP contribution is 2.23. The minimum Gasteiger partial charge on any atom is -0.480 e. The number of amides is 2. The molecule has 2 aromatic rings. The van der Waals surface area contributed by atoms with E-state index in [-0.39, 0.29) is 5.91 Å². The second-order valence-electron chi connectivity index (χ2n) is 5.74. The van der Waals surface area contributed by atoms with E-state index in [1.54, 1.807) is 19.1 Å². The Morgan fingerprint density at radius 2 is 1.46 bits per heavy atom. The van der Waals surface area contributed by atoms with Crippen LogP contribution in [0.2, 0.25) is 0 Å². The molecule has 0 spiro atoms. The maximum Gasteiger partial charge on any atom is 0.279 e. The topological polar surface area (TPSA) is 67.4 Å². The van der Waals surface area contributed by atoms with Crippen molar-refractivity contribution in [2.24, 2.45) is 0 Å². The molecule has 0 aliphatic rings. The van der Waals surface area contributed by atoms with E-state index < -0.39 is 12.0 Å². The summed E-state index contributed by atoms with van der Waals surface area (Å²) in [7, 11) is 0. The fourth-order valence-electron chi connectivity index (χ4n) is 2.33. The normalized spacial score (nSPS) is 11.5. The van der Waals surface area contributed by atoms with Gasteiger partial charge in [-0.1, -0.05) is 36.4 Å². The summed E-state index contributed by atoms with van der Waals surface area (Å²) >= 11 is 0. The Morgan fingerprint density at radius 1 is 0.875 bits per heavy atom. The highest BCUT2D eigenvalue weighted by Gasteiger charge is 2.18. The van der Waals surface area contributed by atoms with Gasteiger partial charge in [0.15, 0.2) is 6.10 Å². The number of carbonyl (C=O) groups is 2. The lowest BCUT2D eigenvalue weighted by Crippen LogP contribution is -2.47. The van der Waals surface area contributed by atoms with Crippen molar-refractivity contribution < 1.29 is 14.3 Å². The molecule has 5 heteroatoms. The molecule has 5 nitrogen and oxygen atoms in total. The van der Waals surface area contributed by atoms with Gasteiger partial charge in [0, 0.05) is 5.56 Å². The van der Waals surface area contributed by atoms with Crippen LogP contribution in [0.3, 0.4) is 0 Å². The summed E-state index contributed by atoms with van der Waals surface area (Å²) in [5, 5.41) is 0. The molecule has 2 aromatic carbocycles. The van der Waals surface area contributed by atoms with Crippen molar-refractivity contribution in [3.63, 3.8) is 0 Å². The van der Waals surface area contributed by atoms with Crippen molar-refractivity contribution in [2.45, 2.75) is 33.8 Å². The van der Waals surface area contributed by atoms with E-state index in [0.717, 1.165) is 16.7 Å². The van der Waals surface area contributed by atoms with Gasteiger partial charge < -0.3 is 4.74 Å². The number of benzene rings is 2. The van der Waals surface area contributed by atoms with Crippen LogP contribution in [0, 0.1) is 20.8 Å². The van der Waals surface area contributed by atoms with Crippen LogP contribution in [-0.2, 0) is 4.79 Å². The van der Waals surface area contributed by atoms with E-state index in [9.17, 15) is 9.59 Å². The van der Waals surface area contributed by atoms with Gasteiger partial charge in [-0.2, -0.15) is 0 Å². The van der Waals surface area contributed by atoms with Crippen molar-refractivity contribution in [2.75, 3.05) is 0 Å². The molecule has 0 aliphatic heterocycles. The maximum atomic E-state index is 12.1. The first kappa shape index (κ1) is 17.5. The minimum absolute atomic E-state index is 0.360. The molecule has 1 unspecified atom stereocenters. The molecular weight excluding hydrogens is 304 g/mol. The molecule has 2 N–H and O–H groups in total. The van der Waals surface area contributed by atoms with Crippen molar-refractivity contribution in [3.05, 3.63) is 64.7 Å². The van der Waals surface area contributed by atoms with Gasteiger partial charge in [-0.15, -0.1) is 0 Å². The summed E-state index contributed by atoms with van der Waals surface area (Å²) in [5.41, 5.74) is 8.09. The molecule has 0 aromatic heterocycles. The minimum atomic E-state index is -0.734. The molecule has 0 bridgehead atoms. The third kappa shape index (κ3) is 4.13. The smallest absolute Gasteiger partial charge is 0.279 e. The van der Waals surface area contributed by atoms with Crippen molar-refractivity contribution in [1.82, 2.24) is 10.9 Å². The van der Waals surface area contributed by atoms with Crippen LogP contribution in [0.15, 0.2) is 42.5 Å². The lowest BCUT2D eigenvalue weighted by Gasteiger charge is -2.18. The number of hydrogen-bond donors (Lipinski definition) is 2. The standard InChI is InChI=1S/C19H22N2O3/c1-12-8-5-6-11-16(12)19(23)21-20-18(22)15(4)24-17-13(2)9-7-10-14(17)3/h5-11,15H,1-4H3,(H,20,22)(H,21,23). The monoisotopic (exact) mass is 326 g/mol. The lowest BCUT2D eigenvalue weighted by atomic mass is 10.1. The average Bonchev–Trinajstić information content (AvgIpc) is 2.56. The number of carbonyl (C=O) groups excluding carboxylic acids is 2. The Kier molecular flexibility index (Phi) is 5.58. The number of rotatable bonds is 4. The SMILES string of the molecule is Cc1ccccc1C(=O)NNC(=O)C(C)Oc1c(C)cccc1C. The van der Waals surface area contributed by atoms with Crippen molar-refractivity contribution >= 4 is 11.8 Å². The first-order valence-corrected chi connectivity index (χ1v) is 7.79. The average molecular weight is 326 g/mol. The van der Waals surface area contributed by atoms with Crippen LogP contribution >= 0.6 is 0 Å². The summed E-state index contributed by atoms with van der Waals surface area (Å²) in [6.07, 6.45) is -0.734. The van der Waals surface area contributed by atoms with Gasteiger partial charge in [0.1, 0.15) is 5.75 Å². The first-order valence-electron chi connectivity index (χ1n) is 7.79. The van der Waals surface area contributed by atoms with E-state index in [4.69, 9.17) is 4.74 Å². The molecule has 0 saturated heterocycles. The molecule has 1 atom stereocenters. The van der Waals surface area contributed by atoms with Crippen LogP contribution < -0.4 is 15.6 Å². The molecule has 24 heavy (non-hydrogen) atoms. The molecule has 0 radical (unpaired) electrons. The first-order chi connectivity index (χ1) is 11.4. The molecule has 2 amide bonds. The zero-order valence-corrected chi connectivity index (χ0v) is 14.3. The maximum absolute atomic E-state index is 12.1. The fraction of sp³-hybridized carbons (Fsp3) is 0.263. The van der Waals surface area contributed by atoms with Crippen LogP contribution in [-0.4, -0.2) is 17.9 Å². The summed E-state index contributed by atoms with van der Waals surface area (Å²) in [6.45, 7) is 7.32. The van der Waals surface area contributed by atoms with Gasteiger partial charge >= 0.3 is 0 Å². The molecule has 0 saturated carbocycles. The summed E-state index contributed by atoms with van der Waals surface area (Å²) in [6, 6.07) is 12.9. The van der Waals surface area contributed by atoms with Crippen molar-refractivity contribution in [1.29, 1.82) is 0 Å². The number of nitrogens with one attached hydrogen (secondary N) is 2. The number of ether oxygens (including phenoxy) is 1. The van der Waals surface area contributed by atoms with Crippen LogP contribution in [0.4, 0.5) is 0 Å². The van der Waals surface area contributed by atoms with Gasteiger partial charge in [-0.25, -0.2) is 0 Å². The third-order valence-electron chi connectivity index (χ3n) is 3.76. The van der Waals surface area contributed by atoms with Crippen molar-refractivity contribution in [3.8, 4) is 5.75 Å². The number of hydrogen-bond acceptors (Lipinski definition) is 3. The zero-order chi connectivity index (χ0) is 17.7. The van der Waals surface area contributed by atoms with Gasteiger partial charge in [0.2, 0.25) is 0 Å². The van der Waals surface area contributed by atoms with Crippen LogP contribution in [0.5, 0.6) is 5.75 Å². The zero-order valence-electron chi connectivity index (χ0n) is 14.3. The van der Waals surface area contributed by atoms with E-state index in [1.165, 1.54) is 0 Å². The van der Waals surface area contributed by atoms with Gasteiger partial charge in [-0.05, 0) is 50.5 Å². The second-order valence-corrected chi connectivity index (χ2v) is 5.74. The Bertz CT molecular complexity index is 736. The predicted molar refractivity (Wildman–Crippen MR) is 92.8 cm³/mol. The summed E-state index contributed by atoms with van der Waals surface area (Å²) < 4.78 is 5.74. The second kappa shape index (κ2) is 7.64. The Hall–Kier alpha value is -2.82. The van der Waals surface area contributed by atoms with Crippen LogP contribution in [0.25, 0.3) is 0 Å². The number of para-hydroxylation sites is 1. The predicted octanol–water partition coefficient (Wildman–Crippen LogP) is 2.84. The number of aryl methyl sites for hydroxylation is 3. The quantitative estimate of drug-likeness (QED) is 0.849. The summed E-state index contributed by atoms with van der Waals surface area (Å²) in [4.78, 5) is 24.2. The van der Waals surface area contributed by atoms with Crippen LogP contribution in [0.1, 0.15) is 34.0 Å². The highest BCUT2D eigenvalue weighted by molar-refractivity contribution is 5.96. The van der Waals surface area contributed by atoms with E-state index in [0.29, 0.717) is 11.3 Å². The van der Waals surface area contributed by atoms with Gasteiger partial charge in [-0.3, -0.25) is 20.4 Å². The fourth-order valence-corrected chi connectivity index (χ4v) is 2.33. The molecule has 0 aliphatic carbocycles. The molecular formula is C19H22N2O3. The molecule has 126 valence electrons. The van der Waals surface area contributed by atoms with E-state index >= 15 is 0 Å². The van der Waals surface area contributed by atoms with Gasteiger partial charge in [0.05, 0.1) is 0 Å².